The van der Waals surface area contributed by atoms with Gasteiger partial charge in [0.25, 0.3) is 0 Å². The fourth-order valence-electron chi connectivity index (χ4n) is 5.19. The second-order valence-corrected chi connectivity index (χ2v) is 10.4. The van der Waals surface area contributed by atoms with Crippen LogP contribution < -0.4 is 4.74 Å². The van der Waals surface area contributed by atoms with Gasteiger partial charge in [0.1, 0.15) is 24.6 Å². The van der Waals surface area contributed by atoms with E-state index in [-0.39, 0.29) is 5.97 Å². The molecule has 0 spiro atoms. The molecule has 0 amide bonds. The van der Waals surface area contributed by atoms with Crippen LogP contribution in [0.5, 0.6) is 5.75 Å². The largest absolute Gasteiger partial charge is 0.489 e. The van der Waals surface area contributed by atoms with Gasteiger partial charge in [-0.15, -0.1) is 0 Å². The number of carbonyl (C=O) groups is 2. The maximum atomic E-state index is 13.5. The summed E-state index contributed by atoms with van der Waals surface area (Å²) in [6.45, 7) is 3.79. The van der Waals surface area contributed by atoms with E-state index in [0.29, 0.717) is 30.4 Å². The first-order valence-electron chi connectivity index (χ1n) is 13.9. The Bertz CT molecular complexity index is 1360. The van der Waals surface area contributed by atoms with Crippen LogP contribution in [0.3, 0.4) is 0 Å². The van der Waals surface area contributed by atoms with Crippen molar-refractivity contribution < 1.29 is 19.1 Å². The molecule has 1 atom stereocenters. The average molecular weight is 534 g/mol. The van der Waals surface area contributed by atoms with Gasteiger partial charge in [0.15, 0.2) is 0 Å². The third-order valence-corrected chi connectivity index (χ3v) is 7.50. The van der Waals surface area contributed by atoms with Crippen LogP contribution in [0.2, 0.25) is 0 Å². The molecule has 1 fully saturated rings. The molecule has 0 radical (unpaired) electrons. The van der Waals surface area contributed by atoms with Crippen molar-refractivity contribution in [1.29, 1.82) is 0 Å². The van der Waals surface area contributed by atoms with Crippen molar-refractivity contribution in [2.45, 2.75) is 31.9 Å². The van der Waals surface area contributed by atoms with Crippen molar-refractivity contribution in [3.63, 3.8) is 0 Å². The van der Waals surface area contributed by atoms with Crippen molar-refractivity contribution >= 4 is 12.3 Å². The van der Waals surface area contributed by atoms with Crippen LogP contribution in [0.1, 0.15) is 51.4 Å². The zero-order valence-corrected chi connectivity index (χ0v) is 22.7. The van der Waals surface area contributed by atoms with Gasteiger partial charge in [0.2, 0.25) is 0 Å². The molecule has 5 nitrogen and oxygen atoms in total. The fourth-order valence-corrected chi connectivity index (χ4v) is 5.19. The molecule has 0 bridgehead atoms. The van der Waals surface area contributed by atoms with Crippen LogP contribution >= 0.6 is 0 Å². The van der Waals surface area contributed by atoms with Crippen LogP contribution in [0, 0.1) is 5.92 Å². The lowest BCUT2D eigenvalue weighted by Crippen LogP contribution is -2.35. The molecule has 1 unspecified atom stereocenters. The highest BCUT2D eigenvalue weighted by Gasteiger charge is 2.27. The lowest BCUT2D eigenvalue weighted by Gasteiger charge is -2.32. The number of ether oxygens (including phenoxy) is 2. The summed E-state index contributed by atoms with van der Waals surface area (Å²) < 4.78 is 12.0. The van der Waals surface area contributed by atoms with Crippen molar-refractivity contribution in [1.82, 2.24) is 4.90 Å². The molecule has 40 heavy (non-hydrogen) atoms. The van der Waals surface area contributed by atoms with E-state index in [1.807, 2.05) is 72.8 Å². The number of carbonyl (C=O) groups excluding carboxylic acids is 2. The van der Waals surface area contributed by atoms with E-state index < -0.39 is 5.92 Å². The minimum absolute atomic E-state index is 0.237. The van der Waals surface area contributed by atoms with Crippen LogP contribution in [0.25, 0.3) is 0 Å². The molecule has 0 aromatic heterocycles. The van der Waals surface area contributed by atoms with Gasteiger partial charge in [-0.1, -0.05) is 97.1 Å². The van der Waals surface area contributed by atoms with Crippen LogP contribution in [-0.2, 0) is 22.7 Å². The molecule has 5 rings (SSSR count). The first-order valence-corrected chi connectivity index (χ1v) is 13.9. The quantitative estimate of drug-likeness (QED) is 0.159. The van der Waals surface area contributed by atoms with Crippen molar-refractivity contribution in [3.8, 4) is 5.75 Å². The molecule has 4 aromatic carbocycles. The predicted molar refractivity (Wildman–Crippen MR) is 156 cm³/mol. The number of piperidine rings is 1. The van der Waals surface area contributed by atoms with E-state index in [1.165, 1.54) is 5.56 Å². The monoisotopic (exact) mass is 533 g/mol. The molecular formula is C35H35NO4. The normalized spacial score (nSPS) is 14.8. The Morgan fingerprint density at radius 2 is 1.48 bits per heavy atom. The summed E-state index contributed by atoms with van der Waals surface area (Å²) >= 11 is 0. The lowest BCUT2D eigenvalue weighted by molar-refractivity contribution is -0.146. The summed E-state index contributed by atoms with van der Waals surface area (Å²) in [4.78, 5) is 26.9. The average Bonchev–Trinajstić information content (AvgIpc) is 3.01. The van der Waals surface area contributed by atoms with Crippen molar-refractivity contribution in [3.05, 3.63) is 137 Å². The second-order valence-electron chi connectivity index (χ2n) is 10.4. The molecule has 1 saturated heterocycles. The van der Waals surface area contributed by atoms with E-state index >= 15 is 0 Å². The molecule has 204 valence electrons. The summed E-state index contributed by atoms with van der Waals surface area (Å²) in [6, 6.07) is 35.3. The first kappa shape index (κ1) is 27.4. The van der Waals surface area contributed by atoms with E-state index in [9.17, 15) is 9.59 Å². The highest BCUT2D eigenvalue weighted by molar-refractivity contribution is 5.82. The second kappa shape index (κ2) is 13.7. The third-order valence-electron chi connectivity index (χ3n) is 7.50. The van der Waals surface area contributed by atoms with Gasteiger partial charge in [-0.05, 0) is 66.2 Å². The zero-order valence-electron chi connectivity index (χ0n) is 22.7. The molecule has 1 aliphatic heterocycles. The van der Waals surface area contributed by atoms with Crippen molar-refractivity contribution in [2.75, 3.05) is 19.7 Å². The molecular weight excluding hydrogens is 498 g/mol. The van der Waals surface area contributed by atoms with Crippen LogP contribution in [-0.4, -0.2) is 36.9 Å². The molecule has 0 saturated carbocycles. The fraction of sp³-hybridized carbons (Fsp3) is 0.257. The summed E-state index contributed by atoms with van der Waals surface area (Å²) in [5.41, 5.74) is 4.66. The maximum absolute atomic E-state index is 13.5. The highest BCUT2D eigenvalue weighted by Crippen LogP contribution is 2.30. The van der Waals surface area contributed by atoms with Gasteiger partial charge in [-0.3, -0.25) is 14.5 Å². The third kappa shape index (κ3) is 7.45. The molecule has 1 aliphatic rings. The molecule has 4 aromatic rings. The Morgan fingerprint density at radius 1 is 0.800 bits per heavy atom. The number of likely N-dealkylation sites (tertiary alicyclic amines) is 1. The standard InChI is InChI=1S/C35H35NO4/c37-24-28-14-16-29(17-15-28)25-39-33-13-7-12-32(22-33)34(31-10-5-2-6-11-31)35(38)40-26-30-18-20-36(21-19-30)23-27-8-3-1-4-9-27/h1-17,22,24,30,34H,18-21,23,25-26H2. The molecule has 1 heterocycles. The first-order chi connectivity index (χ1) is 19.7. The van der Waals surface area contributed by atoms with Gasteiger partial charge in [-0.2, -0.15) is 0 Å². The Hall–Kier alpha value is -4.22. The van der Waals surface area contributed by atoms with Crippen LogP contribution in [0.4, 0.5) is 0 Å². The number of esters is 1. The van der Waals surface area contributed by atoms with Crippen molar-refractivity contribution in [2.24, 2.45) is 5.92 Å². The molecule has 0 N–H and O–H groups in total. The van der Waals surface area contributed by atoms with Gasteiger partial charge >= 0.3 is 5.97 Å². The smallest absolute Gasteiger partial charge is 0.317 e. The Morgan fingerprint density at radius 3 is 2.17 bits per heavy atom. The van der Waals surface area contributed by atoms with Gasteiger partial charge < -0.3 is 9.47 Å². The summed E-state index contributed by atoms with van der Waals surface area (Å²) in [7, 11) is 0. The predicted octanol–water partition coefficient (Wildman–Crippen LogP) is 6.67. The zero-order chi connectivity index (χ0) is 27.6. The SMILES string of the molecule is O=Cc1ccc(COc2cccc(C(C(=O)OCC3CCN(Cc4ccccc4)CC3)c3ccccc3)c2)cc1. The van der Waals surface area contributed by atoms with E-state index in [4.69, 9.17) is 9.47 Å². The van der Waals surface area contributed by atoms with E-state index in [2.05, 4.69) is 29.2 Å². The van der Waals surface area contributed by atoms with Crippen LogP contribution in [0.15, 0.2) is 109 Å². The Kier molecular flexibility index (Phi) is 9.38. The topological polar surface area (TPSA) is 55.8 Å². The van der Waals surface area contributed by atoms with E-state index in [1.54, 1.807) is 12.1 Å². The number of hydrogen-bond acceptors (Lipinski definition) is 5. The number of aldehydes is 1. The minimum Gasteiger partial charge on any atom is -0.489 e. The number of benzene rings is 4. The van der Waals surface area contributed by atoms with E-state index in [0.717, 1.165) is 55.5 Å². The molecule has 5 heteroatoms. The number of nitrogens with zero attached hydrogens (tertiary/aromatic N) is 1. The number of rotatable bonds is 11. The van der Waals surface area contributed by atoms with Gasteiger partial charge in [-0.25, -0.2) is 0 Å². The minimum atomic E-state index is -0.533. The Labute approximate surface area is 236 Å². The summed E-state index contributed by atoms with van der Waals surface area (Å²) in [5, 5.41) is 0. The molecule has 0 aliphatic carbocycles. The Balaban J connectivity index is 1.20. The highest BCUT2D eigenvalue weighted by atomic mass is 16.5. The van der Waals surface area contributed by atoms with Gasteiger partial charge in [0.05, 0.1) is 6.61 Å². The maximum Gasteiger partial charge on any atom is 0.317 e. The van der Waals surface area contributed by atoms with Gasteiger partial charge in [0, 0.05) is 12.1 Å². The summed E-state index contributed by atoms with van der Waals surface area (Å²) in [6.07, 6.45) is 2.87. The number of hydrogen-bond donors (Lipinski definition) is 0. The summed E-state index contributed by atoms with van der Waals surface area (Å²) in [5.74, 6) is 0.276. The lowest BCUT2D eigenvalue weighted by atomic mass is 9.91.